The molecule has 0 spiro atoms. The SMILES string of the molecule is CCCc1noc([C@H](C)Sc2nc3cc(C(=O)OCC)ccc3n2CC)n1. The Labute approximate surface area is 162 Å². The maximum Gasteiger partial charge on any atom is 0.338 e. The molecule has 0 radical (unpaired) electrons. The number of imidazole rings is 1. The Kier molecular flexibility index (Phi) is 6.15. The maximum absolute atomic E-state index is 12.0. The molecule has 27 heavy (non-hydrogen) atoms. The maximum atomic E-state index is 12.0. The zero-order chi connectivity index (χ0) is 19.4. The van der Waals surface area contributed by atoms with E-state index in [9.17, 15) is 4.79 Å². The minimum absolute atomic E-state index is 0.0188. The van der Waals surface area contributed by atoms with Gasteiger partial charge in [-0.3, -0.25) is 0 Å². The summed E-state index contributed by atoms with van der Waals surface area (Å²) in [5, 5.41) is 4.86. The summed E-state index contributed by atoms with van der Waals surface area (Å²) < 4.78 is 12.6. The van der Waals surface area contributed by atoms with Gasteiger partial charge < -0.3 is 13.8 Å². The molecule has 0 bridgehead atoms. The fraction of sp³-hybridized carbons (Fsp3) is 0.474. The van der Waals surface area contributed by atoms with E-state index in [-0.39, 0.29) is 11.2 Å². The molecule has 0 amide bonds. The number of hydrogen-bond donors (Lipinski definition) is 0. The molecule has 0 saturated carbocycles. The highest BCUT2D eigenvalue weighted by molar-refractivity contribution is 7.99. The molecule has 8 heteroatoms. The summed E-state index contributed by atoms with van der Waals surface area (Å²) in [4.78, 5) is 21.2. The fourth-order valence-electron chi connectivity index (χ4n) is 2.81. The zero-order valence-electron chi connectivity index (χ0n) is 16.1. The van der Waals surface area contributed by atoms with Gasteiger partial charge in [0.1, 0.15) is 0 Å². The molecular weight excluding hydrogens is 364 g/mol. The second-order valence-corrected chi connectivity index (χ2v) is 7.43. The minimum atomic E-state index is -0.331. The Bertz CT molecular complexity index is 934. The summed E-state index contributed by atoms with van der Waals surface area (Å²) in [6, 6.07) is 5.47. The standard InChI is InChI=1S/C19H24N4O3S/c1-5-8-16-21-17(26-22-16)12(4)27-19-20-14-11-13(18(24)25-7-3)9-10-15(14)23(19)6-2/h9-12H,5-8H2,1-4H3/t12-/m0/s1. The molecule has 0 aliphatic rings. The lowest BCUT2D eigenvalue weighted by Crippen LogP contribution is -2.04. The molecule has 0 N–H and O–H groups in total. The molecule has 144 valence electrons. The van der Waals surface area contributed by atoms with Gasteiger partial charge in [0.25, 0.3) is 0 Å². The van der Waals surface area contributed by atoms with Crippen LogP contribution in [0.25, 0.3) is 11.0 Å². The molecule has 1 atom stereocenters. The van der Waals surface area contributed by atoms with Crippen LogP contribution in [0.3, 0.4) is 0 Å². The fourth-order valence-corrected chi connectivity index (χ4v) is 3.83. The summed E-state index contributed by atoms with van der Waals surface area (Å²) in [6.45, 7) is 9.10. The van der Waals surface area contributed by atoms with Crippen LogP contribution in [0.1, 0.15) is 61.4 Å². The van der Waals surface area contributed by atoms with Gasteiger partial charge in [-0.1, -0.05) is 23.8 Å². The third-order valence-electron chi connectivity index (χ3n) is 4.13. The van der Waals surface area contributed by atoms with Crippen molar-refractivity contribution in [3.63, 3.8) is 0 Å². The number of carbonyl (C=O) groups is 1. The van der Waals surface area contributed by atoms with Gasteiger partial charge in [0.05, 0.1) is 28.5 Å². The number of esters is 1. The minimum Gasteiger partial charge on any atom is -0.462 e. The van der Waals surface area contributed by atoms with Crippen LogP contribution in [0.2, 0.25) is 0 Å². The highest BCUT2D eigenvalue weighted by Gasteiger charge is 2.20. The second-order valence-electron chi connectivity index (χ2n) is 6.12. The highest BCUT2D eigenvalue weighted by atomic mass is 32.2. The number of rotatable bonds is 8. The first-order chi connectivity index (χ1) is 13.1. The van der Waals surface area contributed by atoms with E-state index in [0.29, 0.717) is 18.1 Å². The van der Waals surface area contributed by atoms with Crippen LogP contribution >= 0.6 is 11.8 Å². The van der Waals surface area contributed by atoms with E-state index in [0.717, 1.165) is 41.4 Å². The van der Waals surface area contributed by atoms with Crippen molar-refractivity contribution in [3.8, 4) is 0 Å². The summed E-state index contributed by atoms with van der Waals surface area (Å²) in [5.74, 6) is 1.01. The molecule has 0 unspecified atom stereocenters. The van der Waals surface area contributed by atoms with E-state index >= 15 is 0 Å². The Morgan fingerprint density at radius 1 is 1.30 bits per heavy atom. The van der Waals surface area contributed by atoms with Gasteiger partial charge in [-0.15, -0.1) is 0 Å². The first-order valence-corrected chi connectivity index (χ1v) is 10.1. The molecule has 0 fully saturated rings. The average Bonchev–Trinajstić information content (AvgIpc) is 3.25. The largest absolute Gasteiger partial charge is 0.462 e. The van der Waals surface area contributed by atoms with E-state index in [1.807, 2.05) is 13.0 Å². The number of fused-ring (bicyclic) bond motifs is 1. The molecule has 2 aromatic heterocycles. The highest BCUT2D eigenvalue weighted by Crippen LogP contribution is 2.35. The van der Waals surface area contributed by atoms with E-state index < -0.39 is 0 Å². The van der Waals surface area contributed by atoms with Crippen LogP contribution in [-0.2, 0) is 17.7 Å². The molecular formula is C19H24N4O3S. The second kappa shape index (κ2) is 8.56. The van der Waals surface area contributed by atoms with Crippen molar-refractivity contribution in [2.24, 2.45) is 0 Å². The molecule has 0 aliphatic carbocycles. The Hall–Kier alpha value is -2.35. The lowest BCUT2D eigenvalue weighted by Gasteiger charge is -2.08. The van der Waals surface area contributed by atoms with Gasteiger partial charge >= 0.3 is 5.97 Å². The predicted molar refractivity (Wildman–Crippen MR) is 104 cm³/mol. The van der Waals surface area contributed by atoms with Gasteiger partial charge in [-0.25, -0.2) is 9.78 Å². The van der Waals surface area contributed by atoms with E-state index in [4.69, 9.17) is 14.2 Å². The number of nitrogens with zero attached hydrogens (tertiary/aromatic N) is 4. The Morgan fingerprint density at radius 3 is 2.81 bits per heavy atom. The van der Waals surface area contributed by atoms with Gasteiger partial charge in [0, 0.05) is 13.0 Å². The number of benzene rings is 1. The average molecular weight is 388 g/mol. The molecule has 0 aliphatic heterocycles. The molecule has 1 aromatic carbocycles. The third kappa shape index (κ3) is 4.16. The van der Waals surface area contributed by atoms with Gasteiger partial charge in [0.2, 0.25) is 5.89 Å². The number of carbonyl (C=O) groups excluding carboxylic acids is 1. The van der Waals surface area contributed by atoms with Crippen molar-refractivity contribution in [1.29, 1.82) is 0 Å². The molecule has 0 saturated heterocycles. The van der Waals surface area contributed by atoms with Crippen molar-refractivity contribution in [3.05, 3.63) is 35.5 Å². The summed E-state index contributed by atoms with van der Waals surface area (Å²) in [5.41, 5.74) is 2.27. The third-order valence-corrected chi connectivity index (χ3v) is 5.21. The van der Waals surface area contributed by atoms with Gasteiger partial charge in [0.15, 0.2) is 11.0 Å². The number of aryl methyl sites for hydroxylation is 2. The van der Waals surface area contributed by atoms with Crippen LogP contribution in [-0.4, -0.2) is 32.3 Å². The number of aromatic nitrogens is 4. The smallest absolute Gasteiger partial charge is 0.338 e. The normalized spacial score (nSPS) is 12.4. The van der Waals surface area contributed by atoms with Crippen LogP contribution in [0.5, 0.6) is 0 Å². The van der Waals surface area contributed by atoms with Gasteiger partial charge in [-0.05, 0) is 45.4 Å². The number of thioether (sulfide) groups is 1. The van der Waals surface area contributed by atoms with Gasteiger partial charge in [-0.2, -0.15) is 4.98 Å². The Balaban J connectivity index is 1.87. The first-order valence-electron chi connectivity index (χ1n) is 9.23. The van der Waals surface area contributed by atoms with E-state index in [1.54, 1.807) is 30.8 Å². The van der Waals surface area contributed by atoms with Crippen molar-refractivity contribution in [1.82, 2.24) is 19.7 Å². The van der Waals surface area contributed by atoms with E-state index in [1.165, 1.54) is 0 Å². The van der Waals surface area contributed by atoms with E-state index in [2.05, 4.69) is 28.6 Å². The lowest BCUT2D eigenvalue weighted by molar-refractivity contribution is 0.0526. The van der Waals surface area contributed by atoms with Crippen LogP contribution in [0.15, 0.2) is 27.9 Å². The molecule has 2 heterocycles. The van der Waals surface area contributed by atoms with Crippen molar-refractivity contribution < 1.29 is 14.1 Å². The van der Waals surface area contributed by atoms with Crippen molar-refractivity contribution >= 4 is 28.8 Å². The lowest BCUT2D eigenvalue weighted by atomic mass is 10.2. The predicted octanol–water partition coefficient (Wildman–Crippen LogP) is 4.42. The van der Waals surface area contributed by atoms with Crippen LogP contribution in [0, 0.1) is 0 Å². The molecule has 3 aromatic rings. The number of hydrogen-bond acceptors (Lipinski definition) is 7. The first kappa shape index (κ1) is 19.4. The monoisotopic (exact) mass is 388 g/mol. The Morgan fingerprint density at radius 2 is 2.11 bits per heavy atom. The summed E-state index contributed by atoms with van der Waals surface area (Å²) in [6.07, 6.45) is 1.79. The van der Waals surface area contributed by atoms with Crippen LogP contribution < -0.4 is 0 Å². The van der Waals surface area contributed by atoms with Crippen LogP contribution in [0.4, 0.5) is 0 Å². The zero-order valence-corrected chi connectivity index (χ0v) is 16.9. The molecule has 7 nitrogen and oxygen atoms in total. The number of ether oxygens (including phenoxy) is 1. The topological polar surface area (TPSA) is 83.0 Å². The van der Waals surface area contributed by atoms with Crippen molar-refractivity contribution in [2.45, 2.75) is 57.5 Å². The van der Waals surface area contributed by atoms with Crippen molar-refractivity contribution in [2.75, 3.05) is 6.61 Å². The summed E-state index contributed by atoms with van der Waals surface area (Å²) >= 11 is 1.57. The molecule has 3 rings (SSSR count). The summed E-state index contributed by atoms with van der Waals surface area (Å²) in [7, 11) is 0. The quantitative estimate of drug-likeness (QED) is 0.417.